The van der Waals surface area contributed by atoms with Crippen LogP contribution in [0.5, 0.6) is 5.75 Å². The molecule has 1 fully saturated rings. The number of hydrogen-bond donors (Lipinski definition) is 2. The van der Waals surface area contributed by atoms with E-state index in [1.54, 1.807) is 19.1 Å². The lowest BCUT2D eigenvalue weighted by Crippen LogP contribution is -2.52. The van der Waals surface area contributed by atoms with Gasteiger partial charge in [0.2, 0.25) is 5.91 Å². The molecular weight excluding hydrogens is 428 g/mol. The van der Waals surface area contributed by atoms with E-state index in [-0.39, 0.29) is 24.9 Å². The first kappa shape index (κ1) is 24.0. The minimum absolute atomic E-state index is 0.0483. The lowest BCUT2D eigenvalue weighted by molar-refractivity contribution is -0.132. The Morgan fingerprint density at radius 2 is 1.79 bits per heavy atom. The number of H-pyrrole nitrogens is 1. The van der Waals surface area contributed by atoms with Crippen LogP contribution in [0.4, 0.5) is 0 Å². The molecule has 176 valence electrons. The van der Waals surface area contributed by atoms with E-state index in [0.29, 0.717) is 16.9 Å². The van der Waals surface area contributed by atoms with Crippen LogP contribution in [0.15, 0.2) is 40.1 Å². The Morgan fingerprint density at radius 3 is 2.42 bits per heavy atom. The number of hydrogen-bond acceptors (Lipinski definition) is 6. The first-order valence-corrected chi connectivity index (χ1v) is 11.0. The van der Waals surface area contributed by atoms with Crippen molar-refractivity contribution < 1.29 is 19.1 Å². The molecular formula is C23H28N4O6. The van der Waals surface area contributed by atoms with E-state index in [0.717, 1.165) is 32.1 Å². The third-order valence-corrected chi connectivity index (χ3v) is 5.54. The van der Waals surface area contributed by atoms with Crippen LogP contribution in [0.3, 0.4) is 0 Å². The number of nitrogens with zero attached hydrogens (tertiary/aromatic N) is 2. The molecule has 0 saturated heterocycles. The zero-order valence-electron chi connectivity index (χ0n) is 18.8. The van der Waals surface area contributed by atoms with Crippen LogP contribution in [-0.2, 0) is 16.1 Å². The highest BCUT2D eigenvalue weighted by atomic mass is 16.5. The van der Waals surface area contributed by atoms with Crippen molar-refractivity contribution in [1.29, 1.82) is 0 Å². The number of esters is 1. The predicted octanol–water partition coefficient (Wildman–Crippen LogP) is 1.67. The minimum Gasteiger partial charge on any atom is -0.427 e. The monoisotopic (exact) mass is 456 g/mol. The van der Waals surface area contributed by atoms with Gasteiger partial charge in [0, 0.05) is 37.2 Å². The lowest BCUT2D eigenvalue weighted by atomic mass is 9.94. The maximum Gasteiger partial charge on any atom is 0.328 e. The number of amides is 2. The summed E-state index contributed by atoms with van der Waals surface area (Å²) in [7, 11) is 0. The highest BCUT2D eigenvalue weighted by Gasteiger charge is 2.28. The van der Waals surface area contributed by atoms with Crippen molar-refractivity contribution >= 4 is 17.8 Å². The smallest absolute Gasteiger partial charge is 0.328 e. The first-order valence-electron chi connectivity index (χ1n) is 11.0. The lowest BCUT2D eigenvalue weighted by Gasteiger charge is -2.34. The highest BCUT2D eigenvalue weighted by Crippen LogP contribution is 2.23. The first-order chi connectivity index (χ1) is 15.7. The van der Waals surface area contributed by atoms with Crippen LogP contribution in [0, 0.1) is 6.92 Å². The number of ether oxygens (including phenoxy) is 1. The van der Waals surface area contributed by atoms with Crippen LogP contribution in [0.25, 0.3) is 0 Å². The summed E-state index contributed by atoms with van der Waals surface area (Å²) < 4.78 is 6.27. The highest BCUT2D eigenvalue weighted by molar-refractivity contribution is 5.95. The molecule has 1 saturated carbocycles. The summed E-state index contributed by atoms with van der Waals surface area (Å²) >= 11 is 0. The van der Waals surface area contributed by atoms with E-state index >= 15 is 0 Å². The van der Waals surface area contributed by atoms with E-state index < -0.39 is 23.1 Å². The summed E-state index contributed by atoms with van der Waals surface area (Å²) in [6, 6.07) is 6.01. The molecule has 0 spiro atoms. The van der Waals surface area contributed by atoms with Gasteiger partial charge < -0.3 is 4.74 Å². The summed E-state index contributed by atoms with van der Waals surface area (Å²) in [4.78, 5) is 62.7. The van der Waals surface area contributed by atoms with Gasteiger partial charge in [-0.25, -0.2) is 9.80 Å². The molecule has 0 bridgehead atoms. The number of hydrazine groups is 1. The van der Waals surface area contributed by atoms with Gasteiger partial charge >= 0.3 is 11.7 Å². The standard InChI is InChI=1S/C23H28N4O6/c1-15-14-26(23(32)24-21(15)30)13-12-20(29)25-27(18-6-4-3-5-7-18)22(31)17-8-10-19(11-9-17)33-16(2)28/h8-11,14,18H,3-7,12-13H2,1-2H3,(H,25,29)(H,24,30,32). The molecule has 10 heteroatoms. The summed E-state index contributed by atoms with van der Waals surface area (Å²) in [5.41, 5.74) is 2.38. The number of nitrogens with one attached hydrogen (secondary N) is 2. The van der Waals surface area contributed by atoms with Crippen molar-refractivity contribution in [2.75, 3.05) is 0 Å². The number of benzene rings is 1. The molecule has 1 aromatic heterocycles. The van der Waals surface area contributed by atoms with Crippen LogP contribution < -0.4 is 21.4 Å². The zero-order valence-corrected chi connectivity index (χ0v) is 18.8. The van der Waals surface area contributed by atoms with Crippen molar-refractivity contribution in [3.8, 4) is 5.75 Å². The molecule has 2 aromatic rings. The molecule has 3 rings (SSSR count). The fourth-order valence-corrected chi connectivity index (χ4v) is 3.81. The Labute approximate surface area is 190 Å². The molecule has 1 aromatic carbocycles. The van der Waals surface area contributed by atoms with E-state index in [9.17, 15) is 24.0 Å². The SMILES string of the molecule is CC(=O)Oc1ccc(C(=O)N(NC(=O)CCn2cc(C)c(=O)[nH]c2=O)C2CCCCC2)cc1. The Kier molecular flexibility index (Phi) is 7.81. The quantitative estimate of drug-likeness (QED) is 0.386. The Morgan fingerprint density at radius 1 is 1.12 bits per heavy atom. The average Bonchev–Trinajstić information content (AvgIpc) is 2.79. The molecule has 0 aliphatic heterocycles. The van der Waals surface area contributed by atoms with Gasteiger partial charge in [0.15, 0.2) is 0 Å². The van der Waals surface area contributed by atoms with E-state index in [1.165, 1.54) is 34.8 Å². The summed E-state index contributed by atoms with van der Waals surface area (Å²) in [6.45, 7) is 2.93. The number of carbonyl (C=O) groups is 3. The van der Waals surface area contributed by atoms with Crippen LogP contribution >= 0.6 is 0 Å². The van der Waals surface area contributed by atoms with Crippen molar-refractivity contribution in [2.45, 2.75) is 65.0 Å². The van der Waals surface area contributed by atoms with Crippen LogP contribution in [0.2, 0.25) is 0 Å². The fraction of sp³-hybridized carbons (Fsp3) is 0.435. The van der Waals surface area contributed by atoms with E-state index in [2.05, 4.69) is 10.4 Å². The van der Waals surface area contributed by atoms with Gasteiger partial charge in [-0.2, -0.15) is 0 Å². The summed E-state index contributed by atoms with van der Waals surface area (Å²) in [6.07, 6.45) is 5.91. The number of rotatable bonds is 6. The maximum atomic E-state index is 13.2. The van der Waals surface area contributed by atoms with Gasteiger partial charge in [-0.05, 0) is 44.0 Å². The van der Waals surface area contributed by atoms with Crippen molar-refractivity contribution in [3.63, 3.8) is 0 Å². The molecule has 1 aliphatic rings. The van der Waals surface area contributed by atoms with Crippen LogP contribution in [-0.4, -0.2) is 38.4 Å². The zero-order chi connectivity index (χ0) is 24.0. The number of aromatic amines is 1. The third-order valence-electron chi connectivity index (χ3n) is 5.54. The predicted molar refractivity (Wildman–Crippen MR) is 120 cm³/mol. The molecule has 33 heavy (non-hydrogen) atoms. The Hall–Kier alpha value is -3.69. The summed E-state index contributed by atoms with van der Waals surface area (Å²) in [5, 5.41) is 1.38. The molecule has 2 amide bonds. The molecule has 1 aliphatic carbocycles. The maximum absolute atomic E-state index is 13.2. The molecule has 10 nitrogen and oxygen atoms in total. The molecule has 2 N–H and O–H groups in total. The van der Waals surface area contributed by atoms with Gasteiger partial charge in [-0.3, -0.25) is 34.2 Å². The van der Waals surface area contributed by atoms with Gasteiger partial charge in [0.05, 0.1) is 6.04 Å². The van der Waals surface area contributed by atoms with Crippen molar-refractivity contribution in [3.05, 3.63) is 62.4 Å². The van der Waals surface area contributed by atoms with Gasteiger partial charge in [-0.1, -0.05) is 19.3 Å². The van der Waals surface area contributed by atoms with E-state index in [1.807, 2.05) is 0 Å². The van der Waals surface area contributed by atoms with Gasteiger partial charge in [0.25, 0.3) is 11.5 Å². The fourth-order valence-electron chi connectivity index (χ4n) is 3.81. The van der Waals surface area contributed by atoms with E-state index in [4.69, 9.17) is 4.74 Å². The Bertz CT molecular complexity index is 1130. The average molecular weight is 456 g/mol. The minimum atomic E-state index is -0.591. The van der Waals surface area contributed by atoms with Crippen molar-refractivity contribution in [2.24, 2.45) is 0 Å². The largest absolute Gasteiger partial charge is 0.427 e. The second kappa shape index (κ2) is 10.8. The van der Waals surface area contributed by atoms with Crippen LogP contribution in [0.1, 0.15) is 61.4 Å². The third kappa shape index (κ3) is 6.41. The number of carbonyl (C=O) groups excluding carboxylic acids is 3. The second-order valence-electron chi connectivity index (χ2n) is 8.13. The number of aromatic nitrogens is 2. The number of aryl methyl sites for hydroxylation is 2. The topological polar surface area (TPSA) is 131 Å². The van der Waals surface area contributed by atoms with Crippen molar-refractivity contribution in [1.82, 2.24) is 20.0 Å². The molecule has 0 atom stereocenters. The second-order valence-corrected chi connectivity index (χ2v) is 8.13. The molecule has 0 radical (unpaired) electrons. The normalized spacial score (nSPS) is 13.9. The Balaban J connectivity index is 1.72. The summed E-state index contributed by atoms with van der Waals surface area (Å²) in [5.74, 6) is -0.904. The molecule has 1 heterocycles. The molecule has 0 unspecified atom stereocenters. The van der Waals surface area contributed by atoms with Gasteiger partial charge in [0.1, 0.15) is 5.75 Å². The van der Waals surface area contributed by atoms with Gasteiger partial charge in [-0.15, -0.1) is 0 Å².